The molecule has 3 N–H and O–H groups in total. The first kappa shape index (κ1) is 12.4. The van der Waals surface area contributed by atoms with Gasteiger partial charge in [0.1, 0.15) is 6.04 Å². The average Bonchev–Trinajstić information content (AvgIpc) is 2.36. The molecule has 1 aromatic carbocycles. The van der Waals surface area contributed by atoms with Gasteiger partial charge in [-0.25, -0.2) is 4.79 Å². The molecule has 0 saturated carbocycles. The summed E-state index contributed by atoms with van der Waals surface area (Å²) in [6.07, 6.45) is 0.896. The number of carbonyl (C=O) groups excluding carboxylic acids is 1. The Morgan fingerprint density at radius 2 is 2.17 bits per heavy atom. The molecule has 0 spiro atoms. The maximum Gasteiger partial charge on any atom is 0.335 e. The standard InChI is InChI=1S/C13H16N2O3/c1-3-7(2)11-12(16)15-10-6-8(13(17)18)4-5-9(10)14-11/h4-7,11,14H,3H2,1-2H3,(H,15,16)(H,17,18). The van der Waals surface area contributed by atoms with Gasteiger partial charge in [0.15, 0.2) is 0 Å². The Balaban J connectivity index is 2.30. The molecule has 2 atom stereocenters. The van der Waals surface area contributed by atoms with Crippen LogP contribution in [0.3, 0.4) is 0 Å². The molecule has 2 rings (SSSR count). The second kappa shape index (κ2) is 4.68. The molecular weight excluding hydrogens is 232 g/mol. The number of hydrogen-bond acceptors (Lipinski definition) is 3. The van der Waals surface area contributed by atoms with Crippen LogP contribution < -0.4 is 10.6 Å². The molecule has 0 bridgehead atoms. The average molecular weight is 248 g/mol. The fourth-order valence-corrected chi connectivity index (χ4v) is 1.99. The molecule has 1 amide bonds. The van der Waals surface area contributed by atoms with Gasteiger partial charge >= 0.3 is 5.97 Å². The molecule has 5 heteroatoms. The summed E-state index contributed by atoms with van der Waals surface area (Å²) < 4.78 is 0. The van der Waals surface area contributed by atoms with E-state index in [2.05, 4.69) is 10.6 Å². The van der Waals surface area contributed by atoms with Gasteiger partial charge < -0.3 is 15.7 Å². The van der Waals surface area contributed by atoms with E-state index >= 15 is 0 Å². The molecule has 0 saturated heterocycles. The lowest BCUT2D eigenvalue weighted by Gasteiger charge is -2.30. The molecule has 1 aliphatic rings. The highest BCUT2D eigenvalue weighted by atomic mass is 16.4. The number of benzene rings is 1. The first-order valence-electron chi connectivity index (χ1n) is 5.97. The predicted molar refractivity (Wildman–Crippen MR) is 68.9 cm³/mol. The van der Waals surface area contributed by atoms with Crippen LogP contribution in [0, 0.1) is 5.92 Å². The van der Waals surface area contributed by atoms with E-state index in [4.69, 9.17) is 5.11 Å². The van der Waals surface area contributed by atoms with Crippen LogP contribution in [0.5, 0.6) is 0 Å². The highest BCUT2D eigenvalue weighted by Crippen LogP contribution is 2.30. The number of aromatic carboxylic acids is 1. The molecule has 18 heavy (non-hydrogen) atoms. The molecular formula is C13H16N2O3. The molecule has 2 unspecified atom stereocenters. The minimum atomic E-state index is -1.00. The Bertz CT molecular complexity index is 499. The molecule has 0 radical (unpaired) electrons. The van der Waals surface area contributed by atoms with Crippen molar-refractivity contribution in [2.24, 2.45) is 5.92 Å². The largest absolute Gasteiger partial charge is 0.478 e. The number of amides is 1. The van der Waals surface area contributed by atoms with Gasteiger partial charge in [0, 0.05) is 0 Å². The van der Waals surface area contributed by atoms with Crippen molar-refractivity contribution in [3.63, 3.8) is 0 Å². The smallest absolute Gasteiger partial charge is 0.335 e. The van der Waals surface area contributed by atoms with Crippen LogP contribution in [0.25, 0.3) is 0 Å². The van der Waals surface area contributed by atoms with Gasteiger partial charge in [0.05, 0.1) is 16.9 Å². The first-order valence-corrected chi connectivity index (χ1v) is 5.97. The Morgan fingerprint density at radius 3 is 2.78 bits per heavy atom. The number of rotatable bonds is 3. The lowest BCUT2D eigenvalue weighted by Crippen LogP contribution is -2.43. The Hall–Kier alpha value is -2.04. The van der Waals surface area contributed by atoms with Crippen LogP contribution >= 0.6 is 0 Å². The van der Waals surface area contributed by atoms with Gasteiger partial charge in [-0.2, -0.15) is 0 Å². The van der Waals surface area contributed by atoms with Crippen LogP contribution in [-0.2, 0) is 4.79 Å². The maximum atomic E-state index is 11.9. The van der Waals surface area contributed by atoms with Crippen LogP contribution in [0.15, 0.2) is 18.2 Å². The van der Waals surface area contributed by atoms with Gasteiger partial charge in [-0.05, 0) is 24.1 Å². The van der Waals surface area contributed by atoms with Crippen LogP contribution in [-0.4, -0.2) is 23.0 Å². The van der Waals surface area contributed by atoms with Crippen molar-refractivity contribution in [1.29, 1.82) is 0 Å². The summed E-state index contributed by atoms with van der Waals surface area (Å²) in [4.78, 5) is 22.8. The second-order valence-corrected chi connectivity index (χ2v) is 4.56. The normalized spacial score (nSPS) is 19.4. The summed E-state index contributed by atoms with van der Waals surface area (Å²) in [6.45, 7) is 4.04. The van der Waals surface area contributed by atoms with E-state index in [-0.39, 0.29) is 23.4 Å². The van der Waals surface area contributed by atoms with Crippen molar-refractivity contribution in [3.05, 3.63) is 23.8 Å². The molecule has 1 heterocycles. The monoisotopic (exact) mass is 248 g/mol. The Morgan fingerprint density at radius 1 is 1.44 bits per heavy atom. The zero-order valence-electron chi connectivity index (χ0n) is 10.4. The molecule has 96 valence electrons. The van der Waals surface area contributed by atoms with E-state index < -0.39 is 5.97 Å². The quantitative estimate of drug-likeness (QED) is 0.766. The first-order chi connectivity index (χ1) is 8.52. The number of nitrogens with one attached hydrogen (secondary N) is 2. The fraction of sp³-hybridized carbons (Fsp3) is 0.385. The zero-order valence-corrected chi connectivity index (χ0v) is 10.4. The van der Waals surface area contributed by atoms with E-state index in [0.717, 1.165) is 12.1 Å². The van der Waals surface area contributed by atoms with Crippen molar-refractivity contribution in [2.45, 2.75) is 26.3 Å². The summed E-state index contributed by atoms with van der Waals surface area (Å²) in [5.41, 5.74) is 1.46. The third kappa shape index (κ3) is 2.16. The number of hydrogen-bond donors (Lipinski definition) is 3. The van der Waals surface area contributed by atoms with E-state index in [1.165, 1.54) is 12.1 Å². The van der Waals surface area contributed by atoms with Crippen molar-refractivity contribution in [1.82, 2.24) is 0 Å². The lowest BCUT2D eigenvalue weighted by molar-refractivity contribution is -0.118. The van der Waals surface area contributed by atoms with E-state index in [0.29, 0.717) is 5.69 Å². The molecule has 0 aliphatic carbocycles. The molecule has 0 fully saturated rings. The van der Waals surface area contributed by atoms with Crippen molar-refractivity contribution >= 4 is 23.3 Å². The SMILES string of the molecule is CCC(C)C1Nc2ccc(C(=O)O)cc2NC1=O. The van der Waals surface area contributed by atoms with E-state index in [1.807, 2.05) is 13.8 Å². The topological polar surface area (TPSA) is 78.4 Å². The van der Waals surface area contributed by atoms with Crippen LogP contribution in [0.4, 0.5) is 11.4 Å². The summed E-state index contributed by atoms with van der Waals surface area (Å²) in [7, 11) is 0. The second-order valence-electron chi connectivity index (χ2n) is 4.56. The maximum absolute atomic E-state index is 11.9. The molecule has 1 aromatic rings. The van der Waals surface area contributed by atoms with Crippen LogP contribution in [0.2, 0.25) is 0 Å². The Kier molecular flexibility index (Phi) is 3.23. The van der Waals surface area contributed by atoms with Crippen molar-refractivity contribution in [2.75, 3.05) is 10.6 Å². The van der Waals surface area contributed by atoms with E-state index in [9.17, 15) is 9.59 Å². The molecule has 0 aromatic heterocycles. The minimum absolute atomic E-state index is 0.112. The summed E-state index contributed by atoms with van der Waals surface area (Å²) in [6, 6.07) is 4.42. The van der Waals surface area contributed by atoms with Gasteiger partial charge in [0.2, 0.25) is 5.91 Å². The van der Waals surface area contributed by atoms with Gasteiger partial charge in [-0.3, -0.25) is 4.79 Å². The zero-order chi connectivity index (χ0) is 13.3. The van der Waals surface area contributed by atoms with Gasteiger partial charge in [-0.15, -0.1) is 0 Å². The predicted octanol–water partition coefficient (Wildman–Crippen LogP) is 2.16. The number of carboxylic acid groups (broad SMARTS) is 1. The van der Waals surface area contributed by atoms with Crippen molar-refractivity contribution in [3.8, 4) is 0 Å². The lowest BCUT2D eigenvalue weighted by atomic mass is 9.96. The third-order valence-electron chi connectivity index (χ3n) is 3.33. The molecule has 5 nitrogen and oxygen atoms in total. The summed E-state index contributed by atoms with van der Waals surface area (Å²) >= 11 is 0. The summed E-state index contributed by atoms with van der Waals surface area (Å²) in [5, 5.41) is 14.8. The van der Waals surface area contributed by atoms with Crippen molar-refractivity contribution < 1.29 is 14.7 Å². The van der Waals surface area contributed by atoms with Crippen LogP contribution in [0.1, 0.15) is 30.6 Å². The van der Waals surface area contributed by atoms with Gasteiger partial charge in [0.25, 0.3) is 0 Å². The number of anilines is 2. The summed E-state index contributed by atoms with van der Waals surface area (Å²) in [5.74, 6) is -0.896. The fourth-order valence-electron chi connectivity index (χ4n) is 1.99. The van der Waals surface area contributed by atoms with Gasteiger partial charge in [-0.1, -0.05) is 20.3 Å². The highest BCUT2D eigenvalue weighted by Gasteiger charge is 2.29. The number of carboxylic acids is 1. The Labute approximate surface area is 105 Å². The minimum Gasteiger partial charge on any atom is -0.478 e. The number of fused-ring (bicyclic) bond motifs is 1. The van der Waals surface area contributed by atoms with E-state index in [1.54, 1.807) is 6.07 Å². The third-order valence-corrected chi connectivity index (χ3v) is 3.33. The molecule has 1 aliphatic heterocycles. The highest BCUT2D eigenvalue weighted by molar-refractivity contribution is 6.04. The number of carbonyl (C=O) groups is 2.